The molecule has 8 nitrogen and oxygen atoms in total. The number of carbonyl (C=O) groups excluding carboxylic acids is 1. The third kappa shape index (κ3) is 3.92. The number of amides is 1. The van der Waals surface area contributed by atoms with Crippen molar-refractivity contribution in [2.75, 3.05) is 12.0 Å². The van der Waals surface area contributed by atoms with Crippen LogP contribution in [-0.2, 0) is 6.54 Å². The van der Waals surface area contributed by atoms with E-state index in [0.29, 0.717) is 22.6 Å². The number of ether oxygens (including phenoxy) is 1. The number of aromatic amines is 1. The largest absolute Gasteiger partial charge is 0.497 e. The molecule has 0 unspecified atom stereocenters. The van der Waals surface area contributed by atoms with Crippen molar-refractivity contribution in [3.63, 3.8) is 0 Å². The minimum atomic E-state index is -0.260. The minimum absolute atomic E-state index is 0.222. The standard InChI is InChI=1S/C23H23N5O3/c1-14-5-7-17(8-6-14)13-27(21(30)18-9-11-19(31-4)12-10-18)23-25-22-24-16(3)15(2)20(29)28(22)26-23/h5-12H,13H2,1-4H3,(H,24,25,26). The average molecular weight is 417 g/mol. The summed E-state index contributed by atoms with van der Waals surface area (Å²) in [4.78, 5) is 36.4. The second kappa shape index (κ2) is 8.06. The van der Waals surface area contributed by atoms with Crippen molar-refractivity contribution < 1.29 is 9.53 Å². The molecule has 0 aliphatic carbocycles. The number of aromatic nitrogens is 4. The van der Waals surface area contributed by atoms with Crippen LogP contribution in [0, 0.1) is 20.8 Å². The molecule has 2 aromatic heterocycles. The lowest BCUT2D eigenvalue weighted by Gasteiger charge is -2.20. The van der Waals surface area contributed by atoms with Crippen molar-refractivity contribution >= 4 is 17.6 Å². The highest BCUT2D eigenvalue weighted by Crippen LogP contribution is 2.20. The lowest BCUT2D eigenvalue weighted by atomic mass is 10.1. The number of anilines is 1. The summed E-state index contributed by atoms with van der Waals surface area (Å²) in [6.07, 6.45) is 0. The SMILES string of the molecule is COc1ccc(C(=O)N(Cc2ccc(C)cc2)c2nc3nc(C)c(C)c(=O)n3[nH]2)cc1. The maximum absolute atomic E-state index is 13.4. The molecule has 4 rings (SSSR count). The molecule has 0 saturated carbocycles. The van der Waals surface area contributed by atoms with E-state index in [1.165, 1.54) is 9.42 Å². The summed E-state index contributed by atoms with van der Waals surface area (Å²) in [6.45, 7) is 5.76. The number of benzene rings is 2. The quantitative estimate of drug-likeness (QED) is 0.538. The van der Waals surface area contributed by atoms with Gasteiger partial charge in [0.25, 0.3) is 17.2 Å². The van der Waals surface area contributed by atoms with Crippen LogP contribution in [0.3, 0.4) is 0 Å². The maximum Gasteiger partial charge on any atom is 0.277 e. The minimum Gasteiger partial charge on any atom is -0.497 e. The van der Waals surface area contributed by atoms with Crippen molar-refractivity contribution in [2.24, 2.45) is 0 Å². The highest BCUT2D eigenvalue weighted by molar-refractivity contribution is 6.05. The molecule has 0 spiro atoms. The van der Waals surface area contributed by atoms with Crippen LogP contribution >= 0.6 is 0 Å². The van der Waals surface area contributed by atoms with E-state index in [-0.39, 0.29) is 29.7 Å². The zero-order chi connectivity index (χ0) is 22.1. The average Bonchev–Trinajstić information content (AvgIpc) is 3.20. The van der Waals surface area contributed by atoms with Gasteiger partial charge >= 0.3 is 0 Å². The zero-order valence-corrected chi connectivity index (χ0v) is 17.8. The normalized spacial score (nSPS) is 11.0. The molecule has 0 bridgehead atoms. The fourth-order valence-electron chi connectivity index (χ4n) is 3.22. The first kappa shape index (κ1) is 20.3. The molecule has 31 heavy (non-hydrogen) atoms. The first-order valence-electron chi connectivity index (χ1n) is 9.85. The Labute approximate surface area is 179 Å². The van der Waals surface area contributed by atoms with Gasteiger partial charge in [0.1, 0.15) is 5.75 Å². The van der Waals surface area contributed by atoms with E-state index >= 15 is 0 Å². The fraction of sp³-hybridized carbons (Fsp3) is 0.217. The van der Waals surface area contributed by atoms with Gasteiger partial charge in [-0.25, -0.2) is 4.98 Å². The van der Waals surface area contributed by atoms with Crippen LogP contribution in [0.2, 0.25) is 0 Å². The number of H-pyrrole nitrogens is 1. The molecule has 1 amide bonds. The molecule has 0 radical (unpaired) electrons. The highest BCUT2D eigenvalue weighted by atomic mass is 16.5. The predicted molar refractivity (Wildman–Crippen MR) is 118 cm³/mol. The summed E-state index contributed by atoms with van der Waals surface area (Å²) in [5.74, 6) is 0.867. The summed E-state index contributed by atoms with van der Waals surface area (Å²) in [7, 11) is 1.57. The molecular formula is C23H23N5O3. The Kier molecular flexibility index (Phi) is 5.29. The molecule has 2 aromatic carbocycles. The second-order valence-electron chi connectivity index (χ2n) is 7.42. The van der Waals surface area contributed by atoms with E-state index in [9.17, 15) is 9.59 Å². The van der Waals surface area contributed by atoms with E-state index in [2.05, 4.69) is 15.1 Å². The Bertz CT molecular complexity index is 1300. The van der Waals surface area contributed by atoms with Crippen LogP contribution in [0.15, 0.2) is 53.3 Å². The Morgan fingerprint density at radius 1 is 1.03 bits per heavy atom. The van der Waals surface area contributed by atoms with Gasteiger partial charge < -0.3 is 4.74 Å². The van der Waals surface area contributed by atoms with E-state index in [4.69, 9.17) is 4.74 Å². The van der Waals surface area contributed by atoms with Gasteiger partial charge in [0.05, 0.1) is 13.7 Å². The van der Waals surface area contributed by atoms with E-state index < -0.39 is 0 Å². The molecule has 4 aromatic rings. The van der Waals surface area contributed by atoms with Gasteiger partial charge in [-0.15, -0.1) is 0 Å². The molecule has 0 atom stereocenters. The first-order chi connectivity index (χ1) is 14.9. The molecular weight excluding hydrogens is 394 g/mol. The van der Waals surface area contributed by atoms with Gasteiger partial charge in [0.2, 0.25) is 5.95 Å². The highest BCUT2D eigenvalue weighted by Gasteiger charge is 2.23. The summed E-state index contributed by atoms with van der Waals surface area (Å²) in [5.41, 5.74) is 3.42. The molecule has 1 N–H and O–H groups in total. The van der Waals surface area contributed by atoms with Crippen LogP contribution in [0.1, 0.15) is 32.7 Å². The van der Waals surface area contributed by atoms with Crippen LogP contribution in [0.5, 0.6) is 5.75 Å². The molecule has 0 aliphatic heterocycles. The number of hydrogen-bond acceptors (Lipinski definition) is 5. The number of hydrogen-bond donors (Lipinski definition) is 1. The second-order valence-corrected chi connectivity index (χ2v) is 7.42. The van der Waals surface area contributed by atoms with Crippen LogP contribution in [0.25, 0.3) is 5.78 Å². The summed E-state index contributed by atoms with van der Waals surface area (Å²) in [5, 5.41) is 2.95. The number of nitrogens with zero attached hydrogens (tertiary/aromatic N) is 4. The summed E-state index contributed by atoms with van der Waals surface area (Å²) >= 11 is 0. The fourth-order valence-corrected chi connectivity index (χ4v) is 3.22. The number of nitrogens with one attached hydrogen (secondary N) is 1. The molecule has 8 heteroatoms. The number of fused-ring (bicyclic) bond motifs is 1. The number of methoxy groups -OCH3 is 1. The smallest absolute Gasteiger partial charge is 0.277 e. The molecule has 158 valence electrons. The van der Waals surface area contributed by atoms with Gasteiger partial charge in [0, 0.05) is 16.8 Å². The van der Waals surface area contributed by atoms with E-state index in [0.717, 1.165) is 11.1 Å². The number of aryl methyl sites for hydroxylation is 2. The number of rotatable bonds is 5. The lowest BCUT2D eigenvalue weighted by molar-refractivity contribution is 0.0983. The Balaban J connectivity index is 1.80. The van der Waals surface area contributed by atoms with Gasteiger partial charge in [0.15, 0.2) is 0 Å². The third-order valence-electron chi connectivity index (χ3n) is 5.25. The van der Waals surface area contributed by atoms with Gasteiger partial charge in [-0.1, -0.05) is 29.8 Å². The Morgan fingerprint density at radius 2 is 1.71 bits per heavy atom. The first-order valence-corrected chi connectivity index (χ1v) is 9.85. The summed E-state index contributed by atoms with van der Waals surface area (Å²) < 4.78 is 6.45. The number of carbonyl (C=O) groups is 1. The van der Waals surface area contributed by atoms with Gasteiger partial charge in [-0.2, -0.15) is 9.50 Å². The van der Waals surface area contributed by atoms with Crippen molar-refractivity contribution in [1.29, 1.82) is 0 Å². The predicted octanol–water partition coefficient (Wildman–Crippen LogP) is 3.20. The molecule has 0 aliphatic rings. The third-order valence-corrected chi connectivity index (χ3v) is 5.25. The topological polar surface area (TPSA) is 92.6 Å². The van der Waals surface area contributed by atoms with Gasteiger partial charge in [-0.3, -0.25) is 19.6 Å². The molecule has 0 fully saturated rings. The zero-order valence-electron chi connectivity index (χ0n) is 17.8. The van der Waals surface area contributed by atoms with Crippen molar-refractivity contribution in [2.45, 2.75) is 27.3 Å². The maximum atomic E-state index is 13.4. The Morgan fingerprint density at radius 3 is 2.35 bits per heavy atom. The van der Waals surface area contributed by atoms with Crippen molar-refractivity contribution in [3.8, 4) is 5.75 Å². The van der Waals surface area contributed by atoms with Crippen molar-refractivity contribution in [3.05, 3.63) is 86.8 Å². The lowest BCUT2D eigenvalue weighted by Crippen LogP contribution is -2.31. The van der Waals surface area contributed by atoms with Gasteiger partial charge in [-0.05, 0) is 50.6 Å². The molecule has 2 heterocycles. The Hall–Kier alpha value is -3.94. The van der Waals surface area contributed by atoms with E-state index in [1.54, 1.807) is 45.2 Å². The van der Waals surface area contributed by atoms with Crippen molar-refractivity contribution in [1.82, 2.24) is 19.6 Å². The summed E-state index contributed by atoms with van der Waals surface area (Å²) in [6, 6.07) is 14.8. The van der Waals surface area contributed by atoms with Crippen LogP contribution < -0.4 is 15.2 Å². The molecule has 0 saturated heterocycles. The van der Waals surface area contributed by atoms with Crippen LogP contribution in [0.4, 0.5) is 5.95 Å². The monoisotopic (exact) mass is 417 g/mol. The van der Waals surface area contributed by atoms with Crippen LogP contribution in [-0.4, -0.2) is 32.6 Å². The van der Waals surface area contributed by atoms with E-state index in [1.807, 2.05) is 31.2 Å².